The van der Waals surface area contributed by atoms with Gasteiger partial charge in [-0.2, -0.15) is 0 Å². The van der Waals surface area contributed by atoms with Gasteiger partial charge in [0.15, 0.2) is 0 Å². The zero-order valence-electron chi connectivity index (χ0n) is 8.38. The Morgan fingerprint density at radius 3 is 2.69 bits per heavy atom. The Balaban J connectivity index is 2.37. The summed E-state index contributed by atoms with van der Waals surface area (Å²) in [6, 6.07) is 9.07. The molecule has 0 radical (unpaired) electrons. The van der Waals surface area contributed by atoms with E-state index in [9.17, 15) is 14.8 Å². The summed E-state index contributed by atoms with van der Waals surface area (Å²) < 4.78 is 0. The van der Waals surface area contributed by atoms with Crippen LogP contribution in [-0.2, 0) is 4.79 Å². The number of rotatable bonds is 2. The number of nitrogens with one attached hydrogen (secondary N) is 1. The maximum absolute atomic E-state index is 11.1. The predicted octanol–water partition coefficient (Wildman–Crippen LogP) is 1.00. The van der Waals surface area contributed by atoms with Crippen molar-refractivity contribution in [3.05, 3.63) is 46.5 Å². The molecule has 0 bridgehead atoms. The van der Waals surface area contributed by atoms with E-state index in [4.69, 9.17) is 0 Å². The van der Waals surface area contributed by atoms with Crippen molar-refractivity contribution in [3.8, 4) is 0 Å². The maximum Gasteiger partial charge on any atom is 0.247 e. The first-order valence-corrected chi connectivity index (χ1v) is 4.78. The molecule has 1 fully saturated rings. The molecule has 5 nitrogen and oxygen atoms in total. The molecule has 2 N–H and O–H groups in total. The number of amides is 1. The largest absolute Gasteiger partial charge is 0.361 e. The standard InChI is InChI=1S/C11H10N2O3/c14-10-7-11(15,13-16)9(12-10)6-8-4-2-1-3-5-8/h1-6,15H,7H2,(H,12,14)/b9-6-. The predicted molar refractivity (Wildman–Crippen MR) is 57.9 cm³/mol. The lowest BCUT2D eigenvalue weighted by Gasteiger charge is -2.12. The number of nitroso groups, excluding NO2 is 1. The molecule has 5 heteroatoms. The van der Waals surface area contributed by atoms with Gasteiger partial charge in [-0.3, -0.25) is 4.79 Å². The van der Waals surface area contributed by atoms with Crippen molar-refractivity contribution in [1.29, 1.82) is 0 Å². The van der Waals surface area contributed by atoms with E-state index in [1.165, 1.54) is 6.08 Å². The van der Waals surface area contributed by atoms with Gasteiger partial charge in [-0.15, -0.1) is 4.91 Å². The van der Waals surface area contributed by atoms with Crippen molar-refractivity contribution in [2.45, 2.75) is 12.1 Å². The number of nitrogens with zero attached hydrogens (tertiary/aromatic N) is 1. The van der Waals surface area contributed by atoms with Crippen LogP contribution in [0.4, 0.5) is 0 Å². The first-order valence-electron chi connectivity index (χ1n) is 4.78. The highest BCUT2D eigenvalue weighted by molar-refractivity contribution is 5.85. The van der Waals surface area contributed by atoms with E-state index >= 15 is 0 Å². The molecule has 16 heavy (non-hydrogen) atoms. The molecular weight excluding hydrogens is 208 g/mol. The Morgan fingerprint density at radius 1 is 1.38 bits per heavy atom. The molecule has 0 aliphatic carbocycles. The van der Waals surface area contributed by atoms with Crippen molar-refractivity contribution >= 4 is 12.0 Å². The van der Waals surface area contributed by atoms with Crippen molar-refractivity contribution in [1.82, 2.24) is 5.32 Å². The number of benzene rings is 1. The molecular formula is C11H10N2O3. The monoisotopic (exact) mass is 218 g/mol. The number of aliphatic hydroxyl groups is 1. The molecule has 2 rings (SSSR count). The second-order valence-electron chi connectivity index (χ2n) is 3.60. The summed E-state index contributed by atoms with van der Waals surface area (Å²) in [6.07, 6.45) is 1.21. The second kappa shape index (κ2) is 3.86. The number of hydrogen-bond acceptors (Lipinski definition) is 4. The van der Waals surface area contributed by atoms with Crippen LogP contribution in [0.2, 0.25) is 0 Å². The normalized spacial score (nSPS) is 26.8. The minimum absolute atomic E-state index is 0.124. The first kappa shape index (κ1) is 10.5. The van der Waals surface area contributed by atoms with Crippen molar-refractivity contribution in [2.24, 2.45) is 5.18 Å². The third-order valence-electron chi connectivity index (χ3n) is 2.37. The minimum atomic E-state index is -1.95. The van der Waals surface area contributed by atoms with Gasteiger partial charge in [-0.05, 0) is 16.8 Å². The van der Waals surface area contributed by atoms with Crippen LogP contribution in [-0.4, -0.2) is 16.7 Å². The summed E-state index contributed by atoms with van der Waals surface area (Å²) in [6.45, 7) is 0. The summed E-state index contributed by atoms with van der Waals surface area (Å²) in [5, 5.41) is 14.8. The van der Waals surface area contributed by atoms with E-state index < -0.39 is 11.6 Å². The van der Waals surface area contributed by atoms with Crippen molar-refractivity contribution in [3.63, 3.8) is 0 Å². The van der Waals surface area contributed by atoms with Crippen LogP contribution in [0.3, 0.4) is 0 Å². The highest BCUT2D eigenvalue weighted by Gasteiger charge is 2.43. The smallest absolute Gasteiger partial charge is 0.247 e. The van der Waals surface area contributed by atoms with Gasteiger partial charge >= 0.3 is 0 Å². The van der Waals surface area contributed by atoms with E-state index in [0.29, 0.717) is 0 Å². The third-order valence-corrected chi connectivity index (χ3v) is 2.37. The van der Waals surface area contributed by atoms with E-state index in [0.717, 1.165) is 5.56 Å². The fourth-order valence-corrected chi connectivity index (χ4v) is 1.56. The average Bonchev–Trinajstić information content (AvgIpc) is 2.56. The quantitative estimate of drug-likeness (QED) is 0.727. The molecule has 1 unspecified atom stereocenters. The van der Waals surface area contributed by atoms with Gasteiger partial charge in [0.2, 0.25) is 11.6 Å². The topological polar surface area (TPSA) is 78.8 Å². The molecule has 0 saturated carbocycles. The van der Waals surface area contributed by atoms with E-state index in [2.05, 4.69) is 10.5 Å². The lowest BCUT2D eigenvalue weighted by atomic mass is 10.1. The lowest BCUT2D eigenvalue weighted by Crippen LogP contribution is -2.25. The van der Waals surface area contributed by atoms with Crippen LogP contribution in [0.15, 0.2) is 41.2 Å². The number of carbonyl (C=O) groups is 1. The minimum Gasteiger partial charge on any atom is -0.361 e. The molecule has 1 saturated heterocycles. The van der Waals surface area contributed by atoms with E-state index in [1.54, 1.807) is 12.1 Å². The maximum atomic E-state index is 11.1. The van der Waals surface area contributed by atoms with E-state index in [1.807, 2.05) is 18.2 Å². The Kier molecular flexibility index (Phi) is 2.54. The SMILES string of the molecule is O=NC1(O)CC(=O)N/C1=C\c1ccccc1. The summed E-state index contributed by atoms with van der Waals surface area (Å²) >= 11 is 0. The summed E-state index contributed by atoms with van der Waals surface area (Å²) in [7, 11) is 0. The van der Waals surface area contributed by atoms with Crippen LogP contribution in [0.25, 0.3) is 6.08 Å². The van der Waals surface area contributed by atoms with Crippen molar-refractivity contribution in [2.75, 3.05) is 0 Å². The van der Waals surface area contributed by atoms with Gasteiger partial charge in [0, 0.05) is 0 Å². The Hall–Kier alpha value is -2.01. The molecule has 1 aliphatic rings. The molecule has 1 aromatic rings. The van der Waals surface area contributed by atoms with Gasteiger partial charge in [-0.25, -0.2) is 0 Å². The zero-order valence-corrected chi connectivity index (χ0v) is 8.38. The highest BCUT2D eigenvalue weighted by Crippen LogP contribution is 2.28. The third kappa shape index (κ3) is 1.85. The fourth-order valence-electron chi connectivity index (χ4n) is 1.56. The van der Waals surface area contributed by atoms with Crippen molar-refractivity contribution < 1.29 is 9.90 Å². The fraction of sp³-hybridized carbons (Fsp3) is 0.182. The molecule has 1 atom stereocenters. The molecule has 1 heterocycles. The van der Waals surface area contributed by atoms with Crippen LogP contribution < -0.4 is 5.32 Å². The molecule has 0 aromatic heterocycles. The van der Waals surface area contributed by atoms with Crippen LogP contribution in [0.1, 0.15) is 12.0 Å². The average molecular weight is 218 g/mol. The lowest BCUT2D eigenvalue weighted by molar-refractivity contribution is -0.120. The van der Waals surface area contributed by atoms with Gasteiger partial charge in [0.25, 0.3) is 0 Å². The molecule has 1 aliphatic heterocycles. The van der Waals surface area contributed by atoms with E-state index in [-0.39, 0.29) is 12.1 Å². The van der Waals surface area contributed by atoms with Crippen LogP contribution >= 0.6 is 0 Å². The Labute approximate surface area is 91.8 Å². The highest BCUT2D eigenvalue weighted by atomic mass is 16.4. The molecule has 82 valence electrons. The number of carbonyl (C=O) groups excluding carboxylic acids is 1. The molecule has 0 spiro atoms. The van der Waals surface area contributed by atoms with Gasteiger partial charge in [0.1, 0.15) is 0 Å². The Bertz CT molecular complexity index is 456. The number of hydrogen-bond donors (Lipinski definition) is 2. The summed E-state index contributed by atoms with van der Waals surface area (Å²) in [5.41, 5.74) is -1.05. The van der Waals surface area contributed by atoms with Crippen LogP contribution in [0.5, 0.6) is 0 Å². The van der Waals surface area contributed by atoms with Gasteiger partial charge in [0.05, 0.1) is 12.1 Å². The summed E-state index contributed by atoms with van der Waals surface area (Å²) in [4.78, 5) is 21.6. The Morgan fingerprint density at radius 2 is 2.06 bits per heavy atom. The zero-order chi connectivity index (χ0) is 11.6. The van der Waals surface area contributed by atoms with Gasteiger partial charge in [-0.1, -0.05) is 30.3 Å². The molecule has 1 amide bonds. The van der Waals surface area contributed by atoms with Crippen LogP contribution in [0, 0.1) is 4.91 Å². The molecule has 1 aromatic carbocycles. The van der Waals surface area contributed by atoms with Gasteiger partial charge < -0.3 is 10.4 Å². The first-order chi connectivity index (χ1) is 7.64. The summed E-state index contributed by atoms with van der Waals surface area (Å²) in [5.74, 6) is -0.413. The second-order valence-corrected chi connectivity index (χ2v) is 3.60.